The van der Waals surface area contributed by atoms with Crippen LogP contribution in [0.15, 0.2) is 0 Å². The van der Waals surface area contributed by atoms with E-state index in [2.05, 4.69) is 54.6 Å². The number of nitrogens with one attached hydrogen (secondary N) is 1. The summed E-state index contributed by atoms with van der Waals surface area (Å²) in [5.74, 6) is 0. The molecule has 0 aromatic carbocycles. The topological polar surface area (TPSA) is 123 Å². The van der Waals surface area contributed by atoms with Gasteiger partial charge in [-0.2, -0.15) is 0 Å². The van der Waals surface area contributed by atoms with Crippen LogP contribution in [-0.4, -0.2) is 143 Å². The van der Waals surface area contributed by atoms with Crippen LogP contribution < -0.4 is 5.32 Å². The quantitative estimate of drug-likeness (QED) is 0.0331. The van der Waals surface area contributed by atoms with Gasteiger partial charge in [0, 0.05) is 58.9 Å². The first-order chi connectivity index (χ1) is 42.2. The van der Waals surface area contributed by atoms with E-state index in [1.165, 1.54) is 289 Å². The Kier molecular flexibility index (Phi) is 70.2. The highest BCUT2D eigenvalue weighted by Gasteiger charge is 2.20. The van der Waals surface area contributed by atoms with Crippen LogP contribution in [0.2, 0.25) is 0 Å². The maximum absolute atomic E-state index is 11.7. The first kappa shape index (κ1) is 85.6. The first-order valence-electron chi connectivity index (χ1n) is 39.5. The minimum Gasteiger partial charge on any atom is -0.392 e. The van der Waals surface area contributed by atoms with Crippen LogP contribution in [0, 0.1) is 0 Å². The van der Waals surface area contributed by atoms with Crippen LogP contribution in [0.4, 0.5) is 0 Å². The molecule has 0 unspecified atom stereocenters. The summed E-state index contributed by atoms with van der Waals surface area (Å²) < 4.78 is 0. The third-order valence-electron chi connectivity index (χ3n) is 19.0. The van der Waals surface area contributed by atoms with Gasteiger partial charge in [-0.15, -0.1) is 0 Å². The lowest BCUT2D eigenvalue weighted by Crippen LogP contribution is -2.45. The van der Waals surface area contributed by atoms with Crippen molar-refractivity contribution in [3.63, 3.8) is 0 Å². The molecule has 0 rings (SSSR count). The molecular weight excluding hydrogens is 1060 g/mol. The SMILES string of the molecule is CCCCCCCCCCCC[C@@H](O)CNCCN(CCCN(CCN(C[C@H](O)CCCCCCCCCCCC)C[C@H](O)CCCCCCCCCCCC)C[C@H](O)CCCCCCCCCCCC)C[C@H](O)CCCCCCCCCCCC. The second-order valence-corrected chi connectivity index (χ2v) is 28.0. The Labute approximate surface area is 539 Å². The Morgan fingerprint density at radius 2 is 0.407 bits per heavy atom. The summed E-state index contributed by atoms with van der Waals surface area (Å²) in [5, 5.41) is 60.8. The van der Waals surface area contributed by atoms with E-state index in [1.54, 1.807) is 0 Å². The van der Waals surface area contributed by atoms with Crippen molar-refractivity contribution in [2.24, 2.45) is 0 Å². The summed E-state index contributed by atoms with van der Waals surface area (Å²) in [6, 6.07) is 0. The number of hydrogen-bond acceptors (Lipinski definition) is 9. The zero-order chi connectivity index (χ0) is 62.7. The van der Waals surface area contributed by atoms with E-state index >= 15 is 0 Å². The van der Waals surface area contributed by atoms with Gasteiger partial charge in [0.15, 0.2) is 0 Å². The second-order valence-electron chi connectivity index (χ2n) is 28.0. The van der Waals surface area contributed by atoms with Crippen molar-refractivity contribution >= 4 is 0 Å². The van der Waals surface area contributed by atoms with Crippen LogP contribution in [0.25, 0.3) is 0 Å². The molecule has 0 aromatic rings. The summed E-state index contributed by atoms with van der Waals surface area (Å²) in [6.07, 6.45) is 68.1. The Morgan fingerprint density at radius 1 is 0.209 bits per heavy atom. The molecule has 0 aliphatic carbocycles. The van der Waals surface area contributed by atoms with Crippen LogP contribution in [0.5, 0.6) is 0 Å². The number of unbranched alkanes of at least 4 members (excludes halogenated alkanes) is 45. The smallest absolute Gasteiger partial charge is 0.0667 e. The summed E-state index contributed by atoms with van der Waals surface area (Å²) in [7, 11) is 0. The maximum Gasteiger partial charge on any atom is 0.0667 e. The third kappa shape index (κ3) is 65.1. The molecule has 0 saturated carbocycles. The number of aliphatic hydroxyl groups is 5. The highest BCUT2D eigenvalue weighted by Crippen LogP contribution is 2.19. The van der Waals surface area contributed by atoms with Crippen molar-refractivity contribution in [3.05, 3.63) is 0 Å². The summed E-state index contributed by atoms with van der Waals surface area (Å²) in [6.45, 7) is 19.5. The van der Waals surface area contributed by atoms with Gasteiger partial charge in [0.05, 0.1) is 30.5 Å². The molecule has 0 aliphatic heterocycles. The van der Waals surface area contributed by atoms with Gasteiger partial charge in [-0.3, -0.25) is 14.7 Å². The molecule has 0 bridgehead atoms. The highest BCUT2D eigenvalue weighted by atomic mass is 16.3. The molecule has 9 nitrogen and oxygen atoms in total. The molecule has 5 atom stereocenters. The zero-order valence-corrected chi connectivity index (χ0v) is 59.3. The van der Waals surface area contributed by atoms with Gasteiger partial charge in [-0.25, -0.2) is 0 Å². The number of rotatable bonds is 75. The van der Waals surface area contributed by atoms with Crippen molar-refractivity contribution in [2.75, 3.05) is 72.0 Å². The van der Waals surface area contributed by atoms with Gasteiger partial charge in [0.2, 0.25) is 0 Å². The minimum atomic E-state index is -0.404. The van der Waals surface area contributed by atoms with Crippen LogP contribution in [0.3, 0.4) is 0 Å². The van der Waals surface area contributed by atoms with E-state index in [4.69, 9.17) is 0 Å². The van der Waals surface area contributed by atoms with Gasteiger partial charge < -0.3 is 30.8 Å². The Bertz CT molecular complexity index is 1220. The lowest BCUT2D eigenvalue weighted by Gasteiger charge is -2.32. The van der Waals surface area contributed by atoms with E-state index in [1.807, 2.05) is 0 Å². The number of nitrogens with zero attached hydrogens (tertiary/aromatic N) is 3. The summed E-state index contributed by atoms with van der Waals surface area (Å²) in [5.41, 5.74) is 0. The molecule has 518 valence electrons. The van der Waals surface area contributed by atoms with Crippen molar-refractivity contribution in [2.45, 2.75) is 425 Å². The number of aliphatic hydroxyl groups excluding tert-OH is 5. The molecule has 9 heteroatoms. The van der Waals surface area contributed by atoms with Crippen LogP contribution in [-0.2, 0) is 0 Å². The van der Waals surface area contributed by atoms with E-state index in [-0.39, 0.29) is 18.3 Å². The standard InChI is InChI=1S/C77H160N4O5/c1-6-11-16-21-26-31-36-41-46-51-57-73(82)68-78-62-65-79(69-74(83)58-52-47-42-37-32-27-22-17-12-7-2)63-56-64-80(70-75(84)59-53-48-43-38-33-28-23-18-13-8-3)66-67-81(71-76(85)60-54-49-44-39-34-29-24-19-14-9-4)72-77(86)61-55-50-45-40-35-30-25-20-15-10-5/h73-78,82-86H,6-72H2,1-5H3/t73-,74-,75-,76-,77-/m1/s1. The molecule has 6 N–H and O–H groups in total. The third-order valence-corrected chi connectivity index (χ3v) is 19.0. The van der Waals surface area contributed by atoms with E-state index in [9.17, 15) is 25.5 Å². The van der Waals surface area contributed by atoms with Gasteiger partial charge in [0.25, 0.3) is 0 Å². The monoisotopic (exact) mass is 1220 g/mol. The predicted molar refractivity (Wildman–Crippen MR) is 379 cm³/mol. The molecule has 0 saturated heterocycles. The highest BCUT2D eigenvalue weighted by molar-refractivity contribution is 4.75. The van der Waals surface area contributed by atoms with E-state index in [0.29, 0.717) is 32.7 Å². The molecule has 0 spiro atoms. The van der Waals surface area contributed by atoms with Crippen molar-refractivity contribution in [3.8, 4) is 0 Å². The fourth-order valence-electron chi connectivity index (χ4n) is 13.1. The van der Waals surface area contributed by atoms with Gasteiger partial charge in [-0.1, -0.05) is 356 Å². The predicted octanol–water partition coefficient (Wildman–Crippen LogP) is 20.2. The molecule has 0 radical (unpaired) electrons. The van der Waals surface area contributed by atoms with Gasteiger partial charge in [0.1, 0.15) is 0 Å². The molecular formula is C77H160N4O5. The van der Waals surface area contributed by atoms with Crippen LogP contribution >= 0.6 is 0 Å². The Balaban J connectivity index is 5.91. The second kappa shape index (κ2) is 70.5. The maximum atomic E-state index is 11.7. The molecule has 0 heterocycles. The molecule has 0 aliphatic rings. The molecule has 86 heavy (non-hydrogen) atoms. The molecule has 0 aromatic heterocycles. The largest absolute Gasteiger partial charge is 0.392 e. The molecule has 0 fully saturated rings. The van der Waals surface area contributed by atoms with Crippen molar-refractivity contribution in [1.82, 2.24) is 20.0 Å². The van der Waals surface area contributed by atoms with Gasteiger partial charge >= 0.3 is 0 Å². The minimum absolute atomic E-state index is 0.319. The fraction of sp³-hybridized carbons (Fsp3) is 1.00. The van der Waals surface area contributed by atoms with E-state index in [0.717, 1.165) is 110 Å². The molecule has 0 amide bonds. The van der Waals surface area contributed by atoms with Crippen molar-refractivity contribution < 1.29 is 25.5 Å². The van der Waals surface area contributed by atoms with Gasteiger partial charge in [-0.05, 0) is 51.6 Å². The van der Waals surface area contributed by atoms with E-state index < -0.39 is 12.2 Å². The Hall–Kier alpha value is -0.360. The van der Waals surface area contributed by atoms with Crippen molar-refractivity contribution in [1.29, 1.82) is 0 Å². The average molecular weight is 1220 g/mol. The first-order valence-corrected chi connectivity index (χ1v) is 39.5. The summed E-state index contributed by atoms with van der Waals surface area (Å²) in [4.78, 5) is 7.30. The average Bonchev–Trinajstić information content (AvgIpc) is 3.60. The lowest BCUT2D eigenvalue weighted by molar-refractivity contribution is 0.0469. The number of hydrogen-bond donors (Lipinski definition) is 6. The summed E-state index contributed by atoms with van der Waals surface area (Å²) >= 11 is 0. The fourth-order valence-corrected chi connectivity index (χ4v) is 13.1. The van der Waals surface area contributed by atoms with Crippen LogP contribution in [0.1, 0.15) is 394 Å². The normalized spacial score (nSPS) is 13.9. The zero-order valence-electron chi connectivity index (χ0n) is 59.3. The lowest BCUT2D eigenvalue weighted by atomic mass is 10.0. The Morgan fingerprint density at radius 3 is 0.663 bits per heavy atom.